The Morgan fingerprint density at radius 2 is 1.79 bits per heavy atom. The van der Waals surface area contributed by atoms with Crippen LogP contribution in [-0.2, 0) is 21.4 Å². The van der Waals surface area contributed by atoms with Gasteiger partial charge in [0, 0.05) is 18.5 Å². The number of nitrogens with one attached hydrogen (secondary N) is 1. The first-order valence-electron chi connectivity index (χ1n) is 11.1. The Morgan fingerprint density at radius 1 is 1.13 bits per heavy atom. The third-order valence-corrected chi connectivity index (χ3v) is 7.60. The molecule has 1 amide bonds. The lowest BCUT2D eigenvalue weighted by Gasteiger charge is -2.23. The van der Waals surface area contributed by atoms with E-state index in [1.165, 1.54) is 31.5 Å². The van der Waals surface area contributed by atoms with Crippen LogP contribution in [0.3, 0.4) is 0 Å². The van der Waals surface area contributed by atoms with E-state index in [4.69, 9.17) is 0 Å². The van der Waals surface area contributed by atoms with Gasteiger partial charge in [0.25, 0.3) is 0 Å². The van der Waals surface area contributed by atoms with Crippen LogP contribution >= 0.6 is 0 Å². The molecular weight excluding hydrogens is 535 g/mol. The molecular formula is C24H21F5N4O4S. The van der Waals surface area contributed by atoms with Crippen molar-refractivity contribution in [3.05, 3.63) is 72.4 Å². The fourth-order valence-electron chi connectivity index (χ4n) is 4.00. The Kier molecular flexibility index (Phi) is 7.39. The smallest absolute Gasteiger partial charge is 0.406 e. The summed E-state index contributed by atoms with van der Waals surface area (Å²) in [5.41, 5.74) is -0.859. The SMILES string of the molecule is CC1(F)CC(C(=O)NCc2cc(-c3ccc(OC(F)(F)F)cc3)ncn2)N(S(=O)(=O)c2ccc(F)cc2)C1. The van der Waals surface area contributed by atoms with E-state index in [2.05, 4.69) is 20.0 Å². The minimum atomic E-state index is -4.82. The molecule has 2 atom stereocenters. The lowest BCUT2D eigenvalue weighted by molar-refractivity contribution is -0.274. The summed E-state index contributed by atoms with van der Waals surface area (Å²) in [6, 6.07) is 9.09. The number of hydrogen-bond acceptors (Lipinski definition) is 6. The molecule has 0 saturated carbocycles. The molecule has 1 aliphatic rings. The molecule has 1 fully saturated rings. The lowest BCUT2D eigenvalue weighted by Crippen LogP contribution is -2.45. The van der Waals surface area contributed by atoms with Crippen LogP contribution in [0.25, 0.3) is 11.3 Å². The molecule has 38 heavy (non-hydrogen) atoms. The van der Waals surface area contributed by atoms with Gasteiger partial charge in [-0.2, -0.15) is 4.31 Å². The van der Waals surface area contributed by atoms with Crippen LogP contribution in [0.2, 0.25) is 0 Å². The van der Waals surface area contributed by atoms with Crippen molar-refractivity contribution in [2.24, 2.45) is 0 Å². The van der Waals surface area contributed by atoms with Crippen molar-refractivity contribution >= 4 is 15.9 Å². The second kappa shape index (κ2) is 10.3. The number of alkyl halides is 4. The number of ether oxygens (including phenoxy) is 1. The molecule has 0 bridgehead atoms. The molecule has 0 aliphatic carbocycles. The summed E-state index contributed by atoms with van der Waals surface area (Å²) in [6.45, 7) is 0.471. The normalized spacial score (nSPS) is 20.3. The van der Waals surface area contributed by atoms with Gasteiger partial charge < -0.3 is 10.1 Å². The highest BCUT2D eigenvalue weighted by Gasteiger charge is 2.49. The van der Waals surface area contributed by atoms with E-state index in [-0.39, 0.29) is 17.9 Å². The molecule has 2 heterocycles. The zero-order valence-electron chi connectivity index (χ0n) is 19.7. The van der Waals surface area contributed by atoms with Gasteiger partial charge in [-0.25, -0.2) is 27.2 Å². The predicted molar refractivity (Wildman–Crippen MR) is 124 cm³/mol. The second-order valence-electron chi connectivity index (χ2n) is 8.82. The molecule has 14 heteroatoms. The molecule has 202 valence electrons. The summed E-state index contributed by atoms with van der Waals surface area (Å²) in [5, 5.41) is 2.55. The Hall–Kier alpha value is -3.65. The van der Waals surface area contributed by atoms with Gasteiger partial charge in [0.05, 0.1) is 22.8 Å². The third kappa shape index (κ3) is 6.42. The molecule has 0 radical (unpaired) electrons. The van der Waals surface area contributed by atoms with Gasteiger partial charge in [-0.3, -0.25) is 4.79 Å². The van der Waals surface area contributed by atoms with Crippen LogP contribution in [0.4, 0.5) is 22.0 Å². The van der Waals surface area contributed by atoms with Gasteiger partial charge in [-0.1, -0.05) is 0 Å². The van der Waals surface area contributed by atoms with Crippen molar-refractivity contribution in [3.63, 3.8) is 0 Å². The van der Waals surface area contributed by atoms with Crippen molar-refractivity contribution in [3.8, 4) is 17.0 Å². The van der Waals surface area contributed by atoms with E-state index >= 15 is 0 Å². The molecule has 1 N–H and O–H groups in total. The quantitative estimate of drug-likeness (QED) is 0.442. The minimum absolute atomic E-state index is 0.159. The van der Waals surface area contributed by atoms with E-state index < -0.39 is 52.1 Å². The molecule has 1 saturated heterocycles. The van der Waals surface area contributed by atoms with Gasteiger partial charge in [0.2, 0.25) is 15.9 Å². The summed E-state index contributed by atoms with van der Waals surface area (Å²) < 4.78 is 96.0. The molecule has 2 unspecified atom stereocenters. The molecule has 1 aliphatic heterocycles. The Morgan fingerprint density at radius 3 is 2.42 bits per heavy atom. The molecule has 1 aromatic heterocycles. The van der Waals surface area contributed by atoms with Gasteiger partial charge in [-0.15, -0.1) is 13.2 Å². The fraction of sp³-hybridized carbons (Fsp3) is 0.292. The fourth-order valence-corrected chi connectivity index (χ4v) is 5.69. The Labute approximate surface area is 214 Å². The number of sulfonamides is 1. The highest BCUT2D eigenvalue weighted by Crippen LogP contribution is 2.35. The first-order chi connectivity index (χ1) is 17.7. The Balaban J connectivity index is 1.47. The molecule has 0 spiro atoms. The molecule has 8 nitrogen and oxygen atoms in total. The van der Waals surface area contributed by atoms with Crippen LogP contribution in [0, 0.1) is 5.82 Å². The van der Waals surface area contributed by atoms with Crippen molar-refractivity contribution in [2.75, 3.05) is 6.54 Å². The topological polar surface area (TPSA) is 101 Å². The number of aromatic nitrogens is 2. The Bertz CT molecular complexity index is 1410. The average Bonchev–Trinajstić information content (AvgIpc) is 3.19. The first-order valence-corrected chi connectivity index (χ1v) is 12.6. The van der Waals surface area contributed by atoms with Gasteiger partial charge >= 0.3 is 6.36 Å². The van der Waals surface area contributed by atoms with Crippen molar-refractivity contribution in [2.45, 2.75) is 42.9 Å². The van der Waals surface area contributed by atoms with E-state index in [9.17, 15) is 35.2 Å². The van der Waals surface area contributed by atoms with E-state index in [0.717, 1.165) is 40.7 Å². The highest BCUT2D eigenvalue weighted by molar-refractivity contribution is 7.89. The number of amides is 1. The van der Waals surface area contributed by atoms with Crippen molar-refractivity contribution in [1.29, 1.82) is 0 Å². The zero-order chi connectivity index (χ0) is 27.7. The second-order valence-corrected chi connectivity index (χ2v) is 10.7. The maximum absolute atomic E-state index is 14.9. The molecule has 3 aromatic rings. The number of carbonyl (C=O) groups is 1. The number of benzene rings is 2. The van der Waals surface area contributed by atoms with E-state index in [0.29, 0.717) is 17.0 Å². The van der Waals surface area contributed by atoms with E-state index in [1.54, 1.807) is 0 Å². The van der Waals surface area contributed by atoms with Crippen LogP contribution in [0.15, 0.2) is 65.8 Å². The average molecular weight is 557 g/mol. The minimum Gasteiger partial charge on any atom is -0.406 e. The highest BCUT2D eigenvalue weighted by atomic mass is 32.2. The van der Waals surface area contributed by atoms with E-state index in [1.807, 2.05) is 0 Å². The van der Waals surface area contributed by atoms with Gasteiger partial charge in [0.1, 0.15) is 29.6 Å². The molecule has 4 rings (SSSR count). The summed E-state index contributed by atoms with van der Waals surface area (Å²) in [7, 11) is -4.30. The third-order valence-electron chi connectivity index (χ3n) is 5.73. The number of rotatable bonds is 7. The number of hydrogen-bond donors (Lipinski definition) is 1. The molecule has 2 aromatic carbocycles. The van der Waals surface area contributed by atoms with Crippen LogP contribution < -0.4 is 10.1 Å². The lowest BCUT2D eigenvalue weighted by atomic mass is 10.0. The maximum Gasteiger partial charge on any atom is 0.573 e. The summed E-state index contributed by atoms with van der Waals surface area (Å²) in [5.74, 6) is -1.81. The first kappa shape index (κ1) is 27.4. The summed E-state index contributed by atoms with van der Waals surface area (Å²) >= 11 is 0. The van der Waals surface area contributed by atoms with Crippen LogP contribution in [0.5, 0.6) is 5.75 Å². The van der Waals surface area contributed by atoms with Gasteiger partial charge in [-0.05, 0) is 61.5 Å². The van der Waals surface area contributed by atoms with Crippen molar-refractivity contribution in [1.82, 2.24) is 19.6 Å². The zero-order valence-corrected chi connectivity index (χ0v) is 20.6. The largest absolute Gasteiger partial charge is 0.573 e. The van der Waals surface area contributed by atoms with Crippen molar-refractivity contribution < 1.29 is 39.9 Å². The predicted octanol–water partition coefficient (Wildman–Crippen LogP) is 3.99. The standard InChI is InChI=1S/C24H21F5N4O4S/c1-23(26)11-21(33(13-23)38(35,36)19-8-4-16(25)5-9-19)22(34)30-12-17-10-20(32-14-31-17)15-2-6-18(7-3-15)37-24(27,28)29/h2-10,14,21H,11-13H2,1H3,(H,30,34). The number of halogens is 5. The van der Waals surface area contributed by atoms with Crippen LogP contribution in [-0.4, -0.2) is 53.2 Å². The monoisotopic (exact) mass is 556 g/mol. The van der Waals surface area contributed by atoms with Gasteiger partial charge in [0.15, 0.2) is 0 Å². The number of nitrogens with zero attached hydrogens (tertiary/aromatic N) is 3. The summed E-state index contributed by atoms with van der Waals surface area (Å²) in [4.78, 5) is 20.8. The number of carbonyl (C=O) groups excluding carboxylic acids is 1. The van der Waals surface area contributed by atoms with Crippen LogP contribution in [0.1, 0.15) is 19.0 Å². The summed E-state index contributed by atoms with van der Waals surface area (Å²) in [6.07, 6.45) is -4.02. The maximum atomic E-state index is 14.9.